The SMILES string of the molecule is NCCCc1cn[nH]c1-c1nc2ccccc2[nH]1. The Morgan fingerprint density at radius 1 is 1.22 bits per heavy atom. The third-order valence-corrected chi connectivity index (χ3v) is 2.99. The van der Waals surface area contributed by atoms with E-state index in [-0.39, 0.29) is 0 Å². The molecule has 0 fully saturated rings. The molecular weight excluding hydrogens is 226 g/mol. The van der Waals surface area contributed by atoms with E-state index in [0.717, 1.165) is 41.0 Å². The number of nitrogens with zero attached hydrogens (tertiary/aromatic N) is 2. The first-order valence-electron chi connectivity index (χ1n) is 6.06. The molecule has 0 aliphatic carbocycles. The summed E-state index contributed by atoms with van der Waals surface area (Å²) in [6.45, 7) is 0.685. The van der Waals surface area contributed by atoms with Crippen LogP contribution >= 0.6 is 0 Å². The Morgan fingerprint density at radius 2 is 2.11 bits per heavy atom. The van der Waals surface area contributed by atoms with E-state index in [4.69, 9.17) is 5.73 Å². The number of aryl methyl sites for hydroxylation is 1. The Balaban J connectivity index is 2.01. The number of fused-ring (bicyclic) bond motifs is 1. The number of nitrogens with two attached hydrogens (primary N) is 1. The molecule has 5 nitrogen and oxygen atoms in total. The third-order valence-electron chi connectivity index (χ3n) is 2.99. The fraction of sp³-hybridized carbons (Fsp3) is 0.231. The van der Waals surface area contributed by atoms with E-state index in [1.807, 2.05) is 30.5 Å². The molecule has 0 unspecified atom stereocenters. The zero-order valence-corrected chi connectivity index (χ0v) is 9.98. The summed E-state index contributed by atoms with van der Waals surface area (Å²) in [6, 6.07) is 7.98. The van der Waals surface area contributed by atoms with E-state index in [1.54, 1.807) is 0 Å². The number of H-pyrrole nitrogens is 2. The summed E-state index contributed by atoms with van der Waals surface area (Å²) >= 11 is 0. The first-order chi connectivity index (χ1) is 8.88. The second-order valence-electron chi connectivity index (χ2n) is 4.27. The molecule has 0 atom stereocenters. The normalized spacial score (nSPS) is 11.2. The summed E-state index contributed by atoms with van der Waals surface area (Å²) in [5, 5.41) is 7.10. The molecule has 2 heterocycles. The van der Waals surface area contributed by atoms with Gasteiger partial charge < -0.3 is 10.7 Å². The van der Waals surface area contributed by atoms with E-state index >= 15 is 0 Å². The van der Waals surface area contributed by atoms with E-state index in [1.165, 1.54) is 0 Å². The predicted octanol–water partition coefficient (Wildman–Crippen LogP) is 1.84. The van der Waals surface area contributed by atoms with Gasteiger partial charge >= 0.3 is 0 Å². The highest BCUT2D eigenvalue weighted by Gasteiger charge is 2.11. The van der Waals surface area contributed by atoms with Crippen molar-refractivity contribution in [1.29, 1.82) is 0 Å². The topological polar surface area (TPSA) is 83.4 Å². The molecule has 92 valence electrons. The van der Waals surface area contributed by atoms with E-state index in [9.17, 15) is 0 Å². The Hall–Kier alpha value is -2.14. The zero-order valence-electron chi connectivity index (χ0n) is 9.98. The van der Waals surface area contributed by atoms with E-state index in [0.29, 0.717) is 6.54 Å². The molecule has 2 aromatic heterocycles. The second kappa shape index (κ2) is 4.62. The van der Waals surface area contributed by atoms with Gasteiger partial charge in [-0.05, 0) is 31.5 Å². The van der Waals surface area contributed by atoms with Gasteiger partial charge in [-0.3, -0.25) is 5.10 Å². The van der Waals surface area contributed by atoms with Crippen molar-refractivity contribution in [1.82, 2.24) is 20.2 Å². The van der Waals surface area contributed by atoms with Crippen molar-refractivity contribution < 1.29 is 0 Å². The van der Waals surface area contributed by atoms with Crippen LogP contribution in [0, 0.1) is 0 Å². The third kappa shape index (κ3) is 1.89. The van der Waals surface area contributed by atoms with Crippen LogP contribution < -0.4 is 5.73 Å². The predicted molar refractivity (Wildman–Crippen MR) is 71.1 cm³/mol. The molecule has 0 aliphatic rings. The molecule has 4 N–H and O–H groups in total. The summed E-state index contributed by atoms with van der Waals surface area (Å²) in [4.78, 5) is 7.87. The van der Waals surface area contributed by atoms with Crippen LogP contribution in [-0.2, 0) is 6.42 Å². The van der Waals surface area contributed by atoms with Gasteiger partial charge in [-0.15, -0.1) is 0 Å². The lowest BCUT2D eigenvalue weighted by Gasteiger charge is -1.98. The fourth-order valence-corrected chi connectivity index (χ4v) is 2.07. The number of aromatic nitrogens is 4. The number of para-hydroxylation sites is 2. The molecule has 0 aliphatic heterocycles. The lowest BCUT2D eigenvalue weighted by molar-refractivity contribution is 0.833. The molecule has 3 rings (SSSR count). The number of nitrogens with one attached hydrogen (secondary N) is 2. The van der Waals surface area contributed by atoms with Gasteiger partial charge in [0.2, 0.25) is 0 Å². The Morgan fingerprint density at radius 3 is 2.94 bits per heavy atom. The van der Waals surface area contributed by atoms with Crippen LogP contribution in [0.3, 0.4) is 0 Å². The number of imidazole rings is 1. The monoisotopic (exact) mass is 241 g/mol. The number of aromatic amines is 2. The standard InChI is InChI=1S/C13H15N5/c14-7-3-4-9-8-15-18-12(9)13-16-10-5-1-2-6-11(10)17-13/h1-2,5-6,8H,3-4,7,14H2,(H,15,18)(H,16,17). The Bertz CT molecular complexity index is 619. The van der Waals surface area contributed by atoms with Crippen molar-refractivity contribution in [3.05, 3.63) is 36.0 Å². The largest absolute Gasteiger partial charge is 0.337 e. The van der Waals surface area contributed by atoms with E-state index < -0.39 is 0 Å². The minimum Gasteiger partial charge on any atom is -0.337 e. The minimum absolute atomic E-state index is 0.685. The van der Waals surface area contributed by atoms with Crippen LogP contribution in [0.4, 0.5) is 0 Å². The molecule has 5 heteroatoms. The molecule has 0 radical (unpaired) electrons. The smallest absolute Gasteiger partial charge is 0.156 e. The van der Waals surface area contributed by atoms with Crippen LogP contribution in [0.1, 0.15) is 12.0 Å². The first-order valence-corrected chi connectivity index (χ1v) is 6.06. The summed E-state index contributed by atoms with van der Waals surface area (Å²) in [6.07, 6.45) is 3.71. The number of hydrogen-bond donors (Lipinski definition) is 3. The number of benzene rings is 1. The highest BCUT2D eigenvalue weighted by atomic mass is 15.1. The van der Waals surface area contributed by atoms with Crippen molar-refractivity contribution in [2.75, 3.05) is 6.54 Å². The lowest BCUT2D eigenvalue weighted by atomic mass is 10.1. The van der Waals surface area contributed by atoms with Gasteiger partial charge in [-0.2, -0.15) is 5.10 Å². The summed E-state index contributed by atoms with van der Waals surface area (Å²) < 4.78 is 0. The van der Waals surface area contributed by atoms with E-state index in [2.05, 4.69) is 20.2 Å². The lowest BCUT2D eigenvalue weighted by Crippen LogP contribution is -2.00. The van der Waals surface area contributed by atoms with Crippen LogP contribution in [0.2, 0.25) is 0 Å². The molecule has 0 bridgehead atoms. The summed E-state index contributed by atoms with van der Waals surface area (Å²) in [7, 11) is 0. The molecular formula is C13H15N5. The van der Waals surface area contributed by atoms with Crippen molar-refractivity contribution in [2.45, 2.75) is 12.8 Å². The second-order valence-corrected chi connectivity index (χ2v) is 4.27. The zero-order chi connectivity index (χ0) is 12.4. The van der Waals surface area contributed by atoms with Crippen LogP contribution in [0.5, 0.6) is 0 Å². The van der Waals surface area contributed by atoms with Crippen molar-refractivity contribution in [2.24, 2.45) is 5.73 Å². The van der Waals surface area contributed by atoms with Gasteiger partial charge in [0.05, 0.1) is 17.2 Å². The van der Waals surface area contributed by atoms with Crippen molar-refractivity contribution in [3.63, 3.8) is 0 Å². The van der Waals surface area contributed by atoms with Crippen molar-refractivity contribution >= 4 is 11.0 Å². The molecule has 18 heavy (non-hydrogen) atoms. The number of hydrogen-bond acceptors (Lipinski definition) is 3. The van der Waals surface area contributed by atoms with Gasteiger partial charge in [-0.1, -0.05) is 12.1 Å². The van der Waals surface area contributed by atoms with Gasteiger partial charge in [0.1, 0.15) is 5.69 Å². The van der Waals surface area contributed by atoms with Crippen LogP contribution in [0.15, 0.2) is 30.5 Å². The summed E-state index contributed by atoms with van der Waals surface area (Å²) in [5.41, 5.74) is 9.65. The van der Waals surface area contributed by atoms with Crippen LogP contribution in [-0.4, -0.2) is 26.7 Å². The number of rotatable bonds is 4. The average molecular weight is 241 g/mol. The molecule has 0 spiro atoms. The van der Waals surface area contributed by atoms with Gasteiger partial charge in [0, 0.05) is 5.56 Å². The van der Waals surface area contributed by atoms with Gasteiger partial charge in [0.15, 0.2) is 5.82 Å². The quantitative estimate of drug-likeness (QED) is 0.651. The molecule has 0 saturated carbocycles. The average Bonchev–Trinajstić information content (AvgIpc) is 3.01. The highest BCUT2D eigenvalue weighted by molar-refractivity contribution is 5.78. The minimum atomic E-state index is 0.685. The van der Waals surface area contributed by atoms with Crippen molar-refractivity contribution in [3.8, 4) is 11.5 Å². The molecule has 0 saturated heterocycles. The highest BCUT2D eigenvalue weighted by Crippen LogP contribution is 2.22. The summed E-state index contributed by atoms with van der Waals surface area (Å²) in [5.74, 6) is 0.834. The maximum Gasteiger partial charge on any atom is 0.156 e. The molecule has 1 aromatic carbocycles. The molecule has 3 aromatic rings. The first kappa shape index (κ1) is 11.0. The fourth-order valence-electron chi connectivity index (χ4n) is 2.07. The van der Waals surface area contributed by atoms with Gasteiger partial charge in [-0.25, -0.2) is 4.98 Å². The van der Waals surface area contributed by atoms with Crippen LogP contribution in [0.25, 0.3) is 22.6 Å². The maximum absolute atomic E-state index is 5.54. The Labute approximate surface area is 104 Å². The molecule has 0 amide bonds. The maximum atomic E-state index is 5.54. The van der Waals surface area contributed by atoms with Gasteiger partial charge in [0.25, 0.3) is 0 Å². The Kier molecular flexibility index (Phi) is 2.82.